The summed E-state index contributed by atoms with van der Waals surface area (Å²) in [5.74, 6) is -2.77. The standard InChI is InChI=1S/C13H15O7P/c1-3-19-13(21-18,20-4-2)8-5-6-9(11(14)15)10(7-8)12(16)17/h5-7H,3-4H2,1-2H3,(H,14,15)(H,16,17). The monoisotopic (exact) mass is 314 g/mol. The van der Waals surface area contributed by atoms with Crippen LogP contribution in [0.25, 0.3) is 0 Å². The van der Waals surface area contributed by atoms with Gasteiger partial charge in [0, 0.05) is 18.8 Å². The maximum absolute atomic E-state index is 11.5. The molecule has 1 rings (SSSR count). The van der Waals surface area contributed by atoms with Crippen molar-refractivity contribution in [2.75, 3.05) is 13.2 Å². The van der Waals surface area contributed by atoms with Gasteiger partial charge in [0.2, 0.25) is 8.46 Å². The summed E-state index contributed by atoms with van der Waals surface area (Å²) in [6.07, 6.45) is 0. The summed E-state index contributed by atoms with van der Waals surface area (Å²) < 4.78 is 22.2. The van der Waals surface area contributed by atoms with Gasteiger partial charge in [-0.05, 0) is 26.0 Å². The third kappa shape index (κ3) is 3.64. The number of rotatable bonds is 8. The average Bonchev–Trinajstić information content (AvgIpc) is 2.46. The zero-order chi connectivity index (χ0) is 16.0. The highest BCUT2D eigenvalue weighted by atomic mass is 31.1. The van der Waals surface area contributed by atoms with Crippen molar-refractivity contribution in [3.8, 4) is 0 Å². The van der Waals surface area contributed by atoms with Gasteiger partial charge in [-0.15, -0.1) is 0 Å². The number of carboxylic acids is 2. The van der Waals surface area contributed by atoms with Crippen molar-refractivity contribution in [2.24, 2.45) is 0 Å². The van der Waals surface area contributed by atoms with Crippen molar-refractivity contribution in [1.82, 2.24) is 0 Å². The fraction of sp³-hybridized carbons (Fsp3) is 0.385. The van der Waals surface area contributed by atoms with Crippen LogP contribution in [0.15, 0.2) is 18.2 Å². The van der Waals surface area contributed by atoms with E-state index in [1.165, 1.54) is 6.07 Å². The lowest BCUT2D eigenvalue weighted by molar-refractivity contribution is -0.176. The van der Waals surface area contributed by atoms with Crippen LogP contribution in [-0.2, 0) is 19.6 Å². The van der Waals surface area contributed by atoms with Gasteiger partial charge in [-0.2, -0.15) is 0 Å². The maximum Gasteiger partial charge on any atom is 0.336 e. The lowest BCUT2D eigenvalue weighted by Gasteiger charge is -2.27. The summed E-state index contributed by atoms with van der Waals surface area (Å²) in [6, 6.07) is 3.55. The van der Waals surface area contributed by atoms with Crippen LogP contribution in [0.3, 0.4) is 0 Å². The summed E-state index contributed by atoms with van der Waals surface area (Å²) in [5, 5.41) is 18.1. The smallest absolute Gasteiger partial charge is 0.336 e. The molecule has 0 aromatic heterocycles. The highest BCUT2D eigenvalue weighted by molar-refractivity contribution is 7.24. The van der Waals surface area contributed by atoms with E-state index in [1.54, 1.807) is 13.8 Å². The van der Waals surface area contributed by atoms with E-state index in [0.717, 1.165) is 12.1 Å². The molecule has 0 aliphatic carbocycles. The summed E-state index contributed by atoms with van der Waals surface area (Å²) in [7, 11) is -0.512. The molecule has 0 amide bonds. The number of aromatic carboxylic acids is 2. The molecule has 114 valence electrons. The Bertz CT molecular complexity index is 549. The molecule has 1 aromatic carbocycles. The topological polar surface area (TPSA) is 110 Å². The van der Waals surface area contributed by atoms with Gasteiger partial charge in [-0.1, -0.05) is 6.07 Å². The highest BCUT2D eigenvalue weighted by Gasteiger charge is 2.36. The Morgan fingerprint density at radius 1 is 1.10 bits per heavy atom. The predicted octanol–water partition coefficient (Wildman–Crippen LogP) is 2.56. The fourth-order valence-electron chi connectivity index (χ4n) is 1.81. The minimum atomic E-state index is -1.65. The largest absolute Gasteiger partial charge is 0.478 e. The normalized spacial score (nSPS) is 11.5. The second-order valence-electron chi connectivity index (χ2n) is 3.91. The Kier molecular flexibility index (Phi) is 5.96. The molecule has 0 aliphatic heterocycles. The Hall–Kier alpha value is -1.82. The first kappa shape index (κ1) is 17.2. The zero-order valence-corrected chi connectivity index (χ0v) is 12.4. The van der Waals surface area contributed by atoms with Gasteiger partial charge in [0.25, 0.3) is 5.53 Å². The molecule has 0 unspecified atom stereocenters. The van der Waals surface area contributed by atoms with Crippen LogP contribution in [0.4, 0.5) is 0 Å². The molecule has 0 radical (unpaired) electrons. The first-order chi connectivity index (χ1) is 9.91. The summed E-state index contributed by atoms with van der Waals surface area (Å²) >= 11 is 0. The molecule has 0 aliphatic rings. The van der Waals surface area contributed by atoms with Gasteiger partial charge in [0.15, 0.2) is 0 Å². The van der Waals surface area contributed by atoms with Crippen molar-refractivity contribution in [1.29, 1.82) is 0 Å². The van der Waals surface area contributed by atoms with E-state index in [9.17, 15) is 14.2 Å². The quantitative estimate of drug-likeness (QED) is 0.560. The second kappa shape index (κ2) is 7.26. The fourth-order valence-corrected chi connectivity index (χ4v) is 2.42. The van der Waals surface area contributed by atoms with Gasteiger partial charge in [-0.25, -0.2) is 9.59 Å². The molecule has 0 spiro atoms. The van der Waals surface area contributed by atoms with Crippen molar-refractivity contribution < 1.29 is 33.8 Å². The summed E-state index contributed by atoms with van der Waals surface area (Å²) in [5.41, 5.74) is -2.27. The van der Waals surface area contributed by atoms with Crippen LogP contribution >= 0.6 is 8.46 Å². The minimum absolute atomic E-state index is 0.172. The average molecular weight is 314 g/mol. The molecule has 0 atom stereocenters. The van der Waals surface area contributed by atoms with Crippen molar-refractivity contribution in [3.63, 3.8) is 0 Å². The van der Waals surface area contributed by atoms with E-state index >= 15 is 0 Å². The summed E-state index contributed by atoms with van der Waals surface area (Å²) in [4.78, 5) is 22.2. The van der Waals surface area contributed by atoms with Crippen LogP contribution in [0, 0.1) is 0 Å². The van der Waals surface area contributed by atoms with E-state index in [0.29, 0.717) is 0 Å². The molecule has 8 heteroatoms. The van der Waals surface area contributed by atoms with E-state index < -0.39 is 31.5 Å². The van der Waals surface area contributed by atoms with E-state index in [-0.39, 0.29) is 24.3 Å². The number of hydrogen-bond donors (Lipinski definition) is 2. The molecule has 21 heavy (non-hydrogen) atoms. The van der Waals surface area contributed by atoms with Gasteiger partial charge in [0.05, 0.1) is 11.1 Å². The molecule has 0 fully saturated rings. The number of benzene rings is 1. The molecular formula is C13H15O7P. The highest BCUT2D eigenvalue weighted by Crippen LogP contribution is 2.38. The van der Waals surface area contributed by atoms with Crippen LogP contribution in [0.2, 0.25) is 0 Å². The lowest BCUT2D eigenvalue weighted by atomic mass is 10.0. The Morgan fingerprint density at radius 3 is 2.00 bits per heavy atom. The Morgan fingerprint density at radius 2 is 1.62 bits per heavy atom. The first-order valence-electron chi connectivity index (χ1n) is 6.15. The molecule has 7 nitrogen and oxygen atoms in total. The number of carbonyl (C=O) groups is 2. The van der Waals surface area contributed by atoms with Crippen molar-refractivity contribution in [2.45, 2.75) is 19.4 Å². The summed E-state index contributed by atoms with van der Waals surface area (Å²) in [6.45, 7) is 3.70. The maximum atomic E-state index is 11.5. The molecular weight excluding hydrogens is 299 g/mol. The van der Waals surface area contributed by atoms with Gasteiger partial charge < -0.3 is 19.7 Å². The minimum Gasteiger partial charge on any atom is -0.478 e. The molecule has 0 saturated heterocycles. The number of carboxylic acid groups (broad SMARTS) is 2. The second-order valence-corrected chi connectivity index (χ2v) is 4.68. The van der Waals surface area contributed by atoms with E-state index in [1.807, 2.05) is 0 Å². The van der Waals surface area contributed by atoms with Gasteiger partial charge in [0.1, 0.15) is 0 Å². The van der Waals surface area contributed by atoms with Crippen LogP contribution in [-0.4, -0.2) is 35.4 Å². The lowest BCUT2D eigenvalue weighted by Crippen LogP contribution is -2.28. The third-order valence-corrected chi connectivity index (χ3v) is 3.40. The zero-order valence-electron chi connectivity index (χ0n) is 11.5. The van der Waals surface area contributed by atoms with E-state index in [2.05, 4.69) is 0 Å². The first-order valence-corrected chi connectivity index (χ1v) is 6.96. The van der Waals surface area contributed by atoms with Crippen LogP contribution in [0.5, 0.6) is 0 Å². The predicted molar refractivity (Wildman–Crippen MR) is 72.9 cm³/mol. The van der Waals surface area contributed by atoms with Crippen molar-refractivity contribution in [3.05, 3.63) is 34.9 Å². The van der Waals surface area contributed by atoms with Gasteiger partial charge in [-0.3, -0.25) is 4.57 Å². The van der Waals surface area contributed by atoms with Crippen LogP contribution in [0.1, 0.15) is 40.1 Å². The number of ether oxygens (including phenoxy) is 2. The Balaban J connectivity index is 3.46. The molecule has 2 N–H and O–H groups in total. The molecule has 0 saturated carbocycles. The third-order valence-electron chi connectivity index (χ3n) is 2.65. The SMILES string of the molecule is CCOC(OCC)(P=O)c1ccc(C(=O)O)c(C(=O)O)c1. The van der Waals surface area contributed by atoms with Crippen molar-refractivity contribution >= 4 is 20.4 Å². The van der Waals surface area contributed by atoms with Gasteiger partial charge >= 0.3 is 11.9 Å². The Labute approximate surface area is 122 Å². The molecule has 1 aromatic rings. The van der Waals surface area contributed by atoms with Crippen LogP contribution < -0.4 is 0 Å². The molecule has 0 bridgehead atoms. The molecule has 0 heterocycles. The number of hydrogen-bond acceptors (Lipinski definition) is 5. The van der Waals surface area contributed by atoms with E-state index in [4.69, 9.17) is 19.7 Å².